The van der Waals surface area contributed by atoms with Crippen LogP contribution in [0.25, 0.3) is 0 Å². The highest BCUT2D eigenvalue weighted by Crippen LogP contribution is 1.98. The normalized spacial score (nSPS) is 11.7. The smallest absolute Gasteiger partial charge is 0.318 e. The first-order chi connectivity index (χ1) is 8.31. The molecule has 0 spiro atoms. The van der Waals surface area contributed by atoms with Gasteiger partial charge >= 0.3 is 5.69 Å². The molecule has 1 heterocycles. The highest BCUT2D eigenvalue weighted by atomic mass is 32.2. The second kappa shape index (κ2) is 5.46. The number of nitrogens with zero attached hydrogens (tertiary/aromatic N) is 2. The molecule has 0 atom stereocenters. The SMILES string of the molecule is CNCCNS(=O)(=O)c1cn(C)c(=O)n(C)c1=O. The Bertz CT molecular complexity index is 644. The topological polar surface area (TPSA) is 102 Å². The van der Waals surface area contributed by atoms with Gasteiger partial charge in [0.1, 0.15) is 0 Å². The second-order valence-corrected chi connectivity index (χ2v) is 5.49. The van der Waals surface area contributed by atoms with Gasteiger partial charge in [-0.3, -0.25) is 9.36 Å². The van der Waals surface area contributed by atoms with Crippen LogP contribution in [-0.2, 0) is 24.1 Å². The van der Waals surface area contributed by atoms with E-state index in [-0.39, 0.29) is 6.54 Å². The van der Waals surface area contributed by atoms with Crippen molar-refractivity contribution in [1.82, 2.24) is 19.2 Å². The number of rotatable bonds is 5. The van der Waals surface area contributed by atoms with Crippen LogP contribution in [0, 0.1) is 0 Å². The minimum absolute atomic E-state index is 0.158. The Kier molecular flexibility index (Phi) is 4.43. The molecule has 0 aromatic carbocycles. The predicted molar refractivity (Wildman–Crippen MR) is 66.0 cm³/mol. The number of sulfonamides is 1. The van der Waals surface area contributed by atoms with Gasteiger partial charge in [0.05, 0.1) is 0 Å². The van der Waals surface area contributed by atoms with Gasteiger partial charge in [-0.25, -0.2) is 17.9 Å². The Labute approximate surface area is 104 Å². The summed E-state index contributed by atoms with van der Waals surface area (Å²) >= 11 is 0. The van der Waals surface area contributed by atoms with Crippen molar-refractivity contribution in [2.24, 2.45) is 14.1 Å². The van der Waals surface area contributed by atoms with E-state index >= 15 is 0 Å². The first kappa shape index (κ1) is 14.6. The maximum atomic E-state index is 11.9. The first-order valence-corrected chi connectivity index (χ1v) is 6.70. The number of aromatic nitrogens is 2. The van der Waals surface area contributed by atoms with Crippen LogP contribution in [-0.4, -0.2) is 37.7 Å². The second-order valence-electron chi connectivity index (χ2n) is 3.75. The minimum atomic E-state index is -3.91. The summed E-state index contributed by atoms with van der Waals surface area (Å²) < 4.78 is 27.8. The van der Waals surface area contributed by atoms with E-state index in [1.54, 1.807) is 7.05 Å². The van der Waals surface area contributed by atoms with Gasteiger partial charge in [-0.1, -0.05) is 0 Å². The Morgan fingerprint density at radius 3 is 2.39 bits per heavy atom. The molecule has 9 heteroatoms. The monoisotopic (exact) mass is 276 g/mol. The molecule has 0 aliphatic heterocycles. The lowest BCUT2D eigenvalue weighted by atomic mass is 10.6. The van der Waals surface area contributed by atoms with Gasteiger partial charge in [0, 0.05) is 33.4 Å². The van der Waals surface area contributed by atoms with E-state index in [0.29, 0.717) is 6.54 Å². The van der Waals surface area contributed by atoms with Crippen molar-refractivity contribution in [2.45, 2.75) is 4.90 Å². The number of aryl methyl sites for hydroxylation is 1. The minimum Gasteiger partial charge on any atom is -0.318 e. The van der Waals surface area contributed by atoms with E-state index in [2.05, 4.69) is 10.0 Å². The lowest BCUT2D eigenvalue weighted by Crippen LogP contribution is -2.42. The average molecular weight is 276 g/mol. The molecular weight excluding hydrogens is 260 g/mol. The fourth-order valence-corrected chi connectivity index (χ4v) is 2.54. The molecule has 0 radical (unpaired) electrons. The van der Waals surface area contributed by atoms with Crippen molar-refractivity contribution in [3.63, 3.8) is 0 Å². The summed E-state index contributed by atoms with van der Waals surface area (Å²) in [6, 6.07) is 0. The first-order valence-electron chi connectivity index (χ1n) is 5.22. The lowest BCUT2D eigenvalue weighted by Gasteiger charge is -2.08. The molecule has 0 aliphatic rings. The molecule has 0 saturated carbocycles. The highest BCUT2D eigenvalue weighted by Gasteiger charge is 2.20. The summed E-state index contributed by atoms with van der Waals surface area (Å²) in [4.78, 5) is 22.7. The maximum absolute atomic E-state index is 11.9. The van der Waals surface area contributed by atoms with Crippen LogP contribution in [0.1, 0.15) is 0 Å². The predicted octanol–water partition coefficient (Wildman–Crippen LogP) is -2.42. The van der Waals surface area contributed by atoms with E-state index in [0.717, 1.165) is 15.3 Å². The summed E-state index contributed by atoms with van der Waals surface area (Å²) in [6.07, 6.45) is 1.02. The largest absolute Gasteiger partial charge is 0.330 e. The zero-order valence-corrected chi connectivity index (χ0v) is 11.2. The van der Waals surface area contributed by atoms with Crippen LogP contribution in [0.3, 0.4) is 0 Å². The number of hydrogen-bond donors (Lipinski definition) is 2. The molecule has 8 nitrogen and oxygen atoms in total. The molecule has 0 fully saturated rings. The maximum Gasteiger partial charge on any atom is 0.330 e. The Morgan fingerprint density at radius 1 is 1.22 bits per heavy atom. The quantitative estimate of drug-likeness (QED) is 0.583. The number of likely N-dealkylation sites (N-methyl/N-ethyl adjacent to an activating group) is 1. The van der Waals surface area contributed by atoms with Crippen molar-refractivity contribution < 1.29 is 8.42 Å². The van der Waals surface area contributed by atoms with E-state index in [1.165, 1.54) is 14.1 Å². The van der Waals surface area contributed by atoms with E-state index in [1.807, 2.05) is 0 Å². The molecule has 0 aliphatic carbocycles. The molecule has 0 amide bonds. The molecule has 0 unspecified atom stereocenters. The highest BCUT2D eigenvalue weighted by molar-refractivity contribution is 7.89. The number of hydrogen-bond acceptors (Lipinski definition) is 5. The van der Waals surface area contributed by atoms with Gasteiger partial charge in [0.25, 0.3) is 5.56 Å². The molecule has 1 aromatic rings. The van der Waals surface area contributed by atoms with Crippen molar-refractivity contribution in [2.75, 3.05) is 20.1 Å². The fourth-order valence-electron chi connectivity index (χ4n) is 1.35. The van der Waals surface area contributed by atoms with Gasteiger partial charge < -0.3 is 9.88 Å². The third-order valence-electron chi connectivity index (χ3n) is 2.37. The molecule has 2 N–H and O–H groups in total. The molecule has 0 saturated heterocycles. The summed E-state index contributed by atoms with van der Waals surface area (Å²) in [5.74, 6) is 0. The summed E-state index contributed by atoms with van der Waals surface area (Å²) in [5, 5.41) is 2.77. The van der Waals surface area contributed by atoms with Crippen LogP contribution < -0.4 is 21.3 Å². The van der Waals surface area contributed by atoms with Gasteiger partial charge in [0.2, 0.25) is 10.0 Å². The number of nitrogens with one attached hydrogen (secondary N) is 2. The zero-order valence-electron chi connectivity index (χ0n) is 10.4. The zero-order chi connectivity index (χ0) is 13.9. The molecule has 0 bridgehead atoms. The Morgan fingerprint density at radius 2 is 1.83 bits per heavy atom. The summed E-state index contributed by atoms with van der Waals surface area (Å²) in [7, 11) is 0.389. The van der Waals surface area contributed by atoms with E-state index in [4.69, 9.17) is 0 Å². The van der Waals surface area contributed by atoms with Crippen LogP contribution in [0.4, 0.5) is 0 Å². The Hall–Kier alpha value is -1.45. The third kappa shape index (κ3) is 2.86. The van der Waals surface area contributed by atoms with E-state index < -0.39 is 26.2 Å². The molecule has 102 valence electrons. The average Bonchev–Trinajstić information content (AvgIpc) is 2.31. The van der Waals surface area contributed by atoms with Crippen LogP contribution in [0.15, 0.2) is 20.7 Å². The van der Waals surface area contributed by atoms with Crippen molar-refractivity contribution >= 4 is 10.0 Å². The van der Waals surface area contributed by atoms with Crippen molar-refractivity contribution in [3.8, 4) is 0 Å². The summed E-state index contributed by atoms with van der Waals surface area (Å²) in [6.45, 7) is 0.593. The van der Waals surface area contributed by atoms with Crippen LogP contribution in [0.2, 0.25) is 0 Å². The molecule has 18 heavy (non-hydrogen) atoms. The fraction of sp³-hybridized carbons (Fsp3) is 0.556. The van der Waals surface area contributed by atoms with Crippen molar-refractivity contribution in [3.05, 3.63) is 27.0 Å². The van der Waals surface area contributed by atoms with Gasteiger partial charge in [-0.05, 0) is 7.05 Å². The standard InChI is InChI=1S/C9H16N4O4S/c1-10-4-5-11-18(16,17)7-6-12(2)9(15)13(3)8(7)14/h6,10-11H,4-5H2,1-3H3. The van der Waals surface area contributed by atoms with Gasteiger partial charge in [-0.15, -0.1) is 0 Å². The molecule has 1 rings (SSSR count). The van der Waals surface area contributed by atoms with Crippen LogP contribution in [0.5, 0.6) is 0 Å². The Balaban J connectivity index is 3.26. The third-order valence-corrected chi connectivity index (χ3v) is 3.81. The van der Waals surface area contributed by atoms with Crippen molar-refractivity contribution in [1.29, 1.82) is 0 Å². The lowest BCUT2D eigenvalue weighted by molar-refractivity contribution is 0.569. The van der Waals surface area contributed by atoms with Gasteiger partial charge in [0.15, 0.2) is 4.90 Å². The summed E-state index contributed by atoms with van der Waals surface area (Å²) in [5.41, 5.74) is -1.41. The van der Waals surface area contributed by atoms with Crippen LogP contribution >= 0.6 is 0 Å². The van der Waals surface area contributed by atoms with E-state index in [9.17, 15) is 18.0 Å². The van der Waals surface area contributed by atoms with Gasteiger partial charge in [-0.2, -0.15) is 0 Å². The molecular formula is C9H16N4O4S. The molecule has 1 aromatic heterocycles.